The van der Waals surface area contributed by atoms with Crippen molar-refractivity contribution in [1.29, 1.82) is 0 Å². The first-order chi connectivity index (χ1) is 12.0. The lowest BCUT2D eigenvalue weighted by atomic mass is 9.94. The summed E-state index contributed by atoms with van der Waals surface area (Å²) in [5.41, 5.74) is 0. The second-order valence-corrected chi connectivity index (χ2v) is 7.67. The second kappa shape index (κ2) is 7.54. The van der Waals surface area contributed by atoms with Crippen molar-refractivity contribution >= 4 is 11.8 Å². The molecule has 7 heteroatoms. The number of carbonyl (C=O) groups excluding carboxylic acids is 2. The summed E-state index contributed by atoms with van der Waals surface area (Å²) in [6, 6.07) is 0. The van der Waals surface area contributed by atoms with E-state index >= 15 is 0 Å². The lowest BCUT2D eigenvalue weighted by molar-refractivity contribution is -0.136. The van der Waals surface area contributed by atoms with Gasteiger partial charge in [0.05, 0.1) is 5.92 Å². The first-order valence-corrected chi connectivity index (χ1v) is 9.43. The van der Waals surface area contributed by atoms with Crippen LogP contribution < -0.4 is 0 Å². The number of carbonyl (C=O) groups is 2. The number of hydrogen-bond acceptors (Lipinski definition) is 4. The summed E-state index contributed by atoms with van der Waals surface area (Å²) < 4.78 is 2.08. The SMILES string of the molecule is CCn1cnnc1C1CCN(C(=O)C2CC(=O)N(CC(C)C)C2)CC1. The van der Waals surface area contributed by atoms with Crippen LogP contribution >= 0.6 is 0 Å². The predicted molar refractivity (Wildman–Crippen MR) is 93.8 cm³/mol. The zero-order valence-electron chi connectivity index (χ0n) is 15.5. The van der Waals surface area contributed by atoms with E-state index in [1.807, 2.05) is 9.80 Å². The van der Waals surface area contributed by atoms with Gasteiger partial charge < -0.3 is 14.4 Å². The van der Waals surface area contributed by atoms with E-state index in [1.54, 1.807) is 6.33 Å². The fraction of sp³-hybridized carbons (Fsp3) is 0.778. The van der Waals surface area contributed by atoms with Gasteiger partial charge in [0.25, 0.3) is 0 Å². The molecule has 2 amide bonds. The Kier molecular flexibility index (Phi) is 5.39. The van der Waals surface area contributed by atoms with Crippen LogP contribution in [0.1, 0.15) is 51.8 Å². The smallest absolute Gasteiger partial charge is 0.227 e. The molecule has 3 rings (SSSR count). The minimum Gasteiger partial charge on any atom is -0.342 e. The van der Waals surface area contributed by atoms with Crippen LogP contribution in [0.15, 0.2) is 6.33 Å². The molecule has 0 aromatic carbocycles. The van der Waals surface area contributed by atoms with Crippen LogP contribution in [0.25, 0.3) is 0 Å². The van der Waals surface area contributed by atoms with Gasteiger partial charge in [0, 0.05) is 45.1 Å². The van der Waals surface area contributed by atoms with Gasteiger partial charge in [-0.1, -0.05) is 13.8 Å². The number of hydrogen-bond donors (Lipinski definition) is 0. The summed E-state index contributed by atoms with van der Waals surface area (Å²) in [7, 11) is 0. The van der Waals surface area contributed by atoms with Crippen LogP contribution in [-0.2, 0) is 16.1 Å². The number of aromatic nitrogens is 3. The Hall–Kier alpha value is -1.92. The van der Waals surface area contributed by atoms with Crippen LogP contribution in [0.4, 0.5) is 0 Å². The minimum atomic E-state index is -0.165. The van der Waals surface area contributed by atoms with E-state index in [1.165, 1.54) is 0 Å². The molecule has 0 saturated carbocycles. The summed E-state index contributed by atoms with van der Waals surface area (Å²) >= 11 is 0. The molecule has 3 heterocycles. The molecular formula is C18H29N5O2. The molecule has 2 aliphatic rings. The third kappa shape index (κ3) is 3.85. The van der Waals surface area contributed by atoms with Gasteiger partial charge in [0.1, 0.15) is 12.2 Å². The average Bonchev–Trinajstić information content (AvgIpc) is 3.21. The van der Waals surface area contributed by atoms with Crippen molar-refractivity contribution in [2.45, 2.75) is 52.5 Å². The van der Waals surface area contributed by atoms with E-state index in [0.29, 0.717) is 24.8 Å². The zero-order chi connectivity index (χ0) is 18.0. The minimum absolute atomic E-state index is 0.123. The molecule has 0 N–H and O–H groups in total. The fourth-order valence-corrected chi connectivity index (χ4v) is 3.99. The summed E-state index contributed by atoms with van der Waals surface area (Å²) in [6.45, 7) is 9.98. The molecule has 0 aliphatic carbocycles. The molecular weight excluding hydrogens is 318 g/mol. The third-order valence-electron chi connectivity index (χ3n) is 5.31. The van der Waals surface area contributed by atoms with Crippen molar-refractivity contribution in [1.82, 2.24) is 24.6 Å². The van der Waals surface area contributed by atoms with Crippen LogP contribution in [0.3, 0.4) is 0 Å². The lowest BCUT2D eigenvalue weighted by Gasteiger charge is -2.33. The predicted octanol–water partition coefficient (Wildman–Crippen LogP) is 1.51. The Morgan fingerprint density at radius 3 is 2.68 bits per heavy atom. The highest BCUT2D eigenvalue weighted by Crippen LogP contribution is 2.29. The zero-order valence-corrected chi connectivity index (χ0v) is 15.5. The summed E-state index contributed by atoms with van der Waals surface area (Å²) in [6.07, 6.45) is 3.98. The van der Waals surface area contributed by atoms with Gasteiger partial charge in [-0.25, -0.2) is 0 Å². The molecule has 0 radical (unpaired) electrons. The Bertz CT molecular complexity index is 619. The van der Waals surface area contributed by atoms with Gasteiger partial charge in [-0.05, 0) is 25.7 Å². The maximum Gasteiger partial charge on any atom is 0.227 e. The van der Waals surface area contributed by atoms with Crippen molar-refractivity contribution in [2.75, 3.05) is 26.2 Å². The molecule has 7 nitrogen and oxygen atoms in total. The van der Waals surface area contributed by atoms with Crippen LogP contribution in [0.5, 0.6) is 0 Å². The van der Waals surface area contributed by atoms with Gasteiger partial charge in [-0.2, -0.15) is 0 Å². The Morgan fingerprint density at radius 1 is 1.32 bits per heavy atom. The van der Waals surface area contributed by atoms with Gasteiger partial charge in [0.15, 0.2) is 0 Å². The molecule has 1 aromatic rings. The van der Waals surface area contributed by atoms with Gasteiger partial charge in [-0.3, -0.25) is 9.59 Å². The first-order valence-electron chi connectivity index (χ1n) is 9.43. The van der Waals surface area contributed by atoms with Crippen molar-refractivity contribution < 1.29 is 9.59 Å². The largest absolute Gasteiger partial charge is 0.342 e. The second-order valence-electron chi connectivity index (χ2n) is 7.67. The van der Waals surface area contributed by atoms with Crippen molar-refractivity contribution in [3.63, 3.8) is 0 Å². The first kappa shape index (κ1) is 17.9. The molecule has 1 atom stereocenters. The van der Waals surface area contributed by atoms with Crippen LogP contribution in [0, 0.1) is 11.8 Å². The molecule has 25 heavy (non-hydrogen) atoms. The maximum atomic E-state index is 12.8. The maximum absolute atomic E-state index is 12.8. The molecule has 2 fully saturated rings. The van der Waals surface area contributed by atoms with E-state index in [2.05, 4.69) is 35.5 Å². The molecule has 1 aromatic heterocycles. The van der Waals surface area contributed by atoms with Crippen molar-refractivity contribution in [3.05, 3.63) is 12.2 Å². The summed E-state index contributed by atoms with van der Waals surface area (Å²) in [4.78, 5) is 28.7. The van der Waals surface area contributed by atoms with Gasteiger partial charge in [-0.15, -0.1) is 10.2 Å². The number of nitrogens with zero attached hydrogens (tertiary/aromatic N) is 5. The van der Waals surface area contributed by atoms with Crippen molar-refractivity contribution in [2.24, 2.45) is 11.8 Å². The topological polar surface area (TPSA) is 71.3 Å². The number of rotatable bonds is 5. The highest BCUT2D eigenvalue weighted by molar-refractivity contribution is 5.89. The van der Waals surface area contributed by atoms with E-state index < -0.39 is 0 Å². The number of amides is 2. The Balaban J connectivity index is 1.54. The summed E-state index contributed by atoms with van der Waals surface area (Å²) in [5.74, 6) is 1.95. The Labute approximate surface area is 149 Å². The average molecular weight is 347 g/mol. The number of likely N-dealkylation sites (tertiary alicyclic amines) is 2. The summed E-state index contributed by atoms with van der Waals surface area (Å²) in [5, 5.41) is 8.28. The Morgan fingerprint density at radius 2 is 2.04 bits per heavy atom. The van der Waals surface area contributed by atoms with E-state index in [-0.39, 0.29) is 17.7 Å². The number of aryl methyl sites for hydroxylation is 1. The van der Waals surface area contributed by atoms with E-state index in [0.717, 1.165) is 44.8 Å². The van der Waals surface area contributed by atoms with Gasteiger partial charge in [0.2, 0.25) is 11.8 Å². The van der Waals surface area contributed by atoms with Gasteiger partial charge >= 0.3 is 0 Å². The normalized spacial score (nSPS) is 22.2. The third-order valence-corrected chi connectivity index (χ3v) is 5.31. The number of piperidine rings is 1. The highest BCUT2D eigenvalue weighted by Gasteiger charge is 2.37. The van der Waals surface area contributed by atoms with Crippen LogP contribution in [0.2, 0.25) is 0 Å². The molecule has 2 aliphatic heterocycles. The lowest BCUT2D eigenvalue weighted by Crippen LogP contribution is -2.42. The van der Waals surface area contributed by atoms with Crippen LogP contribution in [-0.4, -0.2) is 62.6 Å². The fourth-order valence-electron chi connectivity index (χ4n) is 3.99. The molecule has 1 unspecified atom stereocenters. The molecule has 0 spiro atoms. The van der Waals surface area contributed by atoms with E-state index in [9.17, 15) is 9.59 Å². The van der Waals surface area contributed by atoms with Crippen molar-refractivity contribution in [3.8, 4) is 0 Å². The molecule has 2 saturated heterocycles. The van der Waals surface area contributed by atoms with E-state index in [4.69, 9.17) is 0 Å². The molecule has 0 bridgehead atoms. The highest BCUT2D eigenvalue weighted by atomic mass is 16.2. The standard InChI is InChI=1S/C18H29N5O2/c1-4-21-12-19-20-17(21)14-5-7-22(8-6-14)18(25)15-9-16(24)23(11-15)10-13(2)3/h12-15H,4-11H2,1-3H3. The molecule has 138 valence electrons. The monoisotopic (exact) mass is 347 g/mol. The quantitative estimate of drug-likeness (QED) is 0.809.